The second-order valence-electron chi connectivity index (χ2n) is 2.25. The van der Waals surface area contributed by atoms with E-state index in [1.165, 1.54) is 0 Å². The normalized spacial score (nSPS) is 9.64. The number of halogens is 1. The number of rotatable bonds is 2. The Hall–Kier alpha value is -0.820. The highest BCUT2D eigenvalue weighted by molar-refractivity contribution is 6.30. The van der Waals surface area contributed by atoms with Gasteiger partial charge in [-0.05, 0) is 18.1 Å². The molecule has 0 spiro atoms. The zero-order valence-electron chi connectivity index (χ0n) is 6.47. The minimum Gasteiger partial charge on any atom is -0.259 e. The average Bonchev–Trinajstić information content (AvgIpc) is 2.04. The lowest BCUT2D eigenvalue weighted by atomic mass is 10.1. The minimum atomic E-state index is 0.664. The SMILES string of the molecule is C=Cc1cc(Cl)cnc1CC. The Morgan fingerprint density at radius 3 is 3.00 bits per heavy atom. The number of hydrogen-bond donors (Lipinski definition) is 0. The van der Waals surface area contributed by atoms with Gasteiger partial charge in [-0.1, -0.05) is 31.2 Å². The lowest BCUT2D eigenvalue weighted by Gasteiger charge is -2.00. The number of nitrogens with zero attached hydrogens (tertiary/aromatic N) is 1. The molecule has 0 bridgehead atoms. The van der Waals surface area contributed by atoms with Crippen LogP contribution in [0.4, 0.5) is 0 Å². The summed E-state index contributed by atoms with van der Waals surface area (Å²) in [6.07, 6.45) is 4.35. The predicted octanol–water partition coefficient (Wildman–Crippen LogP) is 2.94. The molecule has 0 amide bonds. The van der Waals surface area contributed by atoms with Crippen molar-refractivity contribution in [2.24, 2.45) is 0 Å². The fourth-order valence-corrected chi connectivity index (χ4v) is 1.12. The van der Waals surface area contributed by atoms with Crippen LogP contribution in [0, 0.1) is 0 Å². The van der Waals surface area contributed by atoms with Crippen LogP contribution >= 0.6 is 11.6 Å². The van der Waals surface area contributed by atoms with Gasteiger partial charge in [0, 0.05) is 11.9 Å². The largest absolute Gasteiger partial charge is 0.259 e. The van der Waals surface area contributed by atoms with E-state index in [9.17, 15) is 0 Å². The summed E-state index contributed by atoms with van der Waals surface area (Å²) in [6.45, 7) is 5.74. The van der Waals surface area contributed by atoms with Gasteiger partial charge in [0.15, 0.2) is 0 Å². The topological polar surface area (TPSA) is 12.9 Å². The first-order valence-corrected chi connectivity index (χ1v) is 3.92. The number of pyridine rings is 1. The standard InChI is InChI=1S/C9H10ClN/c1-3-7-5-8(10)6-11-9(7)4-2/h3,5-6H,1,4H2,2H3. The van der Waals surface area contributed by atoms with Crippen LogP contribution in [0.15, 0.2) is 18.8 Å². The molecule has 1 aromatic rings. The summed E-state index contributed by atoms with van der Waals surface area (Å²) < 4.78 is 0. The molecule has 0 aliphatic rings. The molecular weight excluding hydrogens is 158 g/mol. The molecule has 1 aromatic heterocycles. The van der Waals surface area contributed by atoms with E-state index in [0.717, 1.165) is 17.7 Å². The number of aromatic nitrogens is 1. The van der Waals surface area contributed by atoms with E-state index in [0.29, 0.717) is 5.02 Å². The van der Waals surface area contributed by atoms with Crippen LogP contribution in [0.25, 0.3) is 6.08 Å². The lowest BCUT2D eigenvalue weighted by molar-refractivity contribution is 1.03. The van der Waals surface area contributed by atoms with Gasteiger partial charge >= 0.3 is 0 Å². The molecule has 0 atom stereocenters. The van der Waals surface area contributed by atoms with E-state index >= 15 is 0 Å². The fourth-order valence-electron chi connectivity index (χ4n) is 0.955. The minimum absolute atomic E-state index is 0.664. The van der Waals surface area contributed by atoms with Crippen LogP contribution in [-0.2, 0) is 6.42 Å². The summed E-state index contributed by atoms with van der Waals surface area (Å²) in [5.41, 5.74) is 2.07. The molecule has 0 saturated heterocycles. The molecule has 11 heavy (non-hydrogen) atoms. The molecule has 0 saturated carbocycles. The van der Waals surface area contributed by atoms with Crippen molar-refractivity contribution in [3.63, 3.8) is 0 Å². The first kappa shape index (κ1) is 8.28. The summed E-state index contributed by atoms with van der Waals surface area (Å²) in [6, 6.07) is 1.88. The Balaban J connectivity index is 3.16. The summed E-state index contributed by atoms with van der Waals surface area (Å²) in [7, 11) is 0. The first-order chi connectivity index (χ1) is 5.27. The zero-order valence-corrected chi connectivity index (χ0v) is 7.23. The smallest absolute Gasteiger partial charge is 0.0595 e. The zero-order chi connectivity index (χ0) is 8.27. The first-order valence-electron chi connectivity index (χ1n) is 3.54. The second kappa shape index (κ2) is 3.54. The number of hydrogen-bond acceptors (Lipinski definition) is 1. The maximum atomic E-state index is 5.74. The molecule has 0 fully saturated rings. The Bertz CT molecular complexity index is 268. The molecule has 58 valence electrons. The van der Waals surface area contributed by atoms with Crippen molar-refractivity contribution in [2.75, 3.05) is 0 Å². The third-order valence-corrected chi connectivity index (χ3v) is 1.73. The highest BCUT2D eigenvalue weighted by Gasteiger charge is 1.98. The molecule has 0 aliphatic carbocycles. The average molecular weight is 168 g/mol. The van der Waals surface area contributed by atoms with Crippen LogP contribution in [0.3, 0.4) is 0 Å². The molecule has 0 radical (unpaired) electrons. The molecule has 0 aliphatic heterocycles. The molecule has 1 nitrogen and oxygen atoms in total. The summed E-state index contributed by atoms with van der Waals surface area (Å²) in [5.74, 6) is 0. The van der Waals surface area contributed by atoms with Crippen LogP contribution in [0.2, 0.25) is 5.02 Å². The Kier molecular flexibility index (Phi) is 2.66. The second-order valence-corrected chi connectivity index (χ2v) is 2.68. The van der Waals surface area contributed by atoms with Crippen molar-refractivity contribution in [2.45, 2.75) is 13.3 Å². The summed E-state index contributed by atoms with van der Waals surface area (Å²) in [5, 5.41) is 0.664. The maximum Gasteiger partial charge on any atom is 0.0595 e. The molecule has 0 unspecified atom stereocenters. The van der Waals surface area contributed by atoms with Gasteiger partial charge in [0.25, 0.3) is 0 Å². The fraction of sp³-hybridized carbons (Fsp3) is 0.222. The van der Waals surface area contributed by atoms with Crippen LogP contribution in [0.1, 0.15) is 18.2 Å². The third-order valence-electron chi connectivity index (χ3n) is 1.53. The van der Waals surface area contributed by atoms with Gasteiger partial charge in [0.1, 0.15) is 0 Å². The van der Waals surface area contributed by atoms with Gasteiger partial charge < -0.3 is 0 Å². The molecule has 0 N–H and O–H groups in total. The summed E-state index contributed by atoms with van der Waals surface area (Å²) in [4.78, 5) is 4.16. The quantitative estimate of drug-likeness (QED) is 0.660. The van der Waals surface area contributed by atoms with Gasteiger partial charge in [0.05, 0.1) is 5.02 Å². The van der Waals surface area contributed by atoms with E-state index in [2.05, 4.69) is 18.5 Å². The van der Waals surface area contributed by atoms with Crippen molar-refractivity contribution in [1.82, 2.24) is 4.98 Å². The van der Waals surface area contributed by atoms with E-state index in [1.807, 2.05) is 6.07 Å². The van der Waals surface area contributed by atoms with E-state index in [-0.39, 0.29) is 0 Å². The third kappa shape index (κ3) is 1.81. The van der Waals surface area contributed by atoms with Crippen molar-refractivity contribution >= 4 is 17.7 Å². The molecule has 1 rings (SSSR count). The van der Waals surface area contributed by atoms with Crippen molar-refractivity contribution in [3.05, 3.63) is 35.1 Å². The Morgan fingerprint density at radius 1 is 1.73 bits per heavy atom. The predicted molar refractivity (Wildman–Crippen MR) is 48.7 cm³/mol. The van der Waals surface area contributed by atoms with Gasteiger partial charge in [-0.25, -0.2) is 0 Å². The van der Waals surface area contributed by atoms with Crippen LogP contribution in [0.5, 0.6) is 0 Å². The van der Waals surface area contributed by atoms with Gasteiger partial charge in [-0.15, -0.1) is 0 Å². The van der Waals surface area contributed by atoms with Crippen LogP contribution < -0.4 is 0 Å². The van der Waals surface area contributed by atoms with E-state index < -0.39 is 0 Å². The summed E-state index contributed by atoms with van der Waals surface area (Å²) >= 11 is 5.74. The van der Waals surface area contributed by atoms with E-state index in [1.54, 1.807) is 12.3 Å². The molecule has 2 heteroatoms. The van der Waals surface area contributed by atoms with Crippen molar-refractivity contribution in [1.29, 1.82) is 0 Å². The van der Waals surface area contributed by atoms with E-state index in [4.69, 9.17) is 11.6 Å². The Labute approximate surface area is 71.7 Å². The lowest BCUT2D eigenvalue weighted by Crippen LogP contribution is -1.90. The molecule has 0 aromatic carbocycles. The van der Waals surface area contributed by atoms with Gasteiger partial charge in [0.2, 0.25) is 0 Å². The molecule has 1 heterocycles. The van der Waals surface area contributed by atoms with Gasteiger partial charge in [-0.2, -0.15) is 0 Å². The van der Waals surface area contributed by atoms with Crippen LogP contribution in [-0.4, -0.2) is 4.98 Å². The molecular formula is C9H10ClN. The maximum absolute atomic E-state index is 5.74. The monoisotopic (exact) mass is 167 g/mol. The highest BCUT2D eigenvalue weighted by Crippen LogP contribution is 2.14. The Morgan fingerprint density at radius 2 is 2.45 bits per heavy atom. The number of aryl methyl sites for hydroxylation is 1. The highest BCUT2D eigenvalue weighted by atomic mass is 35.5. The van der Waals surface area contributed by atoms with Crippen molar-refractivity contribution in [3.8, 4) is 0 Å². The van der Waals surface area contributed by atoms with Crippen molar-refractivity contribution < 1.29 is 0 Å². The van der Waals surface area contributed by atoms with Gasteiger partial charge in [-0.3, -0.25) is 4.98 Å².